The number of nitrogens with one attached hydrogen (secondary N) is 1. The minimum Gasteiger partial charge on any atom is -0.352 e. The van der Waals surface area contributed by atoms with E-state index >= 15 is 0 Å². The van der Waals surface area contributed by atoms with E-state index in [9.17, 15) is 14.0 Å². The van der Waals surface area contributed by atoms with E-state index in [1.54, 1.807) is 10.6 Å². The molecule has 2 aromatic carbocycles. The maximum absolute atomic E-state index is 13.5. The van der Waals surface area contributed by atoms with Crippen molar-refractivity contribution in [1.29, 1.82) is 0 Å². The molecule has 5 rings (SSSR count). The summed E-state index contributed by atoms with van der Waals surface area (Å²) in [6.07, 6.45) is 5.68. The second-order valence-electron chi connectivity index (χ2n) is 8.77. The average molecular weight is 420 g/mol. The molecule has 0 spiro atoms. The lowest BCUT2D eigenvalue weighted by molar-refractivity contribution is -0.122. The number of aromatic nitrogens is 1. The molecule has 0 saturated heterocycles. The second-order valence-corrected chi connectivity index (χ2v) is 8.77. The Morgan fingerprint density at radius 1 is 1.06 bits per heavy atom. The number of nitrogens with zero attached hydrogens (tertiary/aromatic N) is 2. The Hall–Kier alpha value is -3.15. The van der Waals surface area contributed by atoms with Crippen molar-refractivity contribution in [3.8, 4) is 0 Å². The normalized spacial score (nSPS) is 20.8. The van der Waals surface area contributed by atoms with Crippen molar-refractivity contribution in [1.82, 2.24) is 14.8 Å². The zero-order valence-electron chi connectivity index (χ0n) is 17.4. The molecule has 1 aromatic heterocycles. The van der Waals surface area contributed by atoms with Crippen molar-refractivity contribution in [2.75, 3.05) is 6.54 Å². The van der Waals surface area contributed by atoms with Crippen molar-refractivity contribution >= 4 is 22.7 Å². The molecule has 0 bridgehead atoms. The topological polar surface area (TPSA) is 54.3 Å². The Kier molecular flexibility index (Phi) is 5.22. The third-order valence-corrected chi connectivity index (χ3v) is 6.64. The quantitative estimate of drug-likeness (QED) is 0.677. The first-order valence-electron chi connectivity index (χ1n) is 11.0. The summed E-state index contributed by atoms with van der Waals surface area (Å²) in [5.74, 6) is 0.269. The summed E-state index contributed by atoms with van der Waals surface area (Å²) in [5, 5.41) is 4.06. The van der Waals surface area contributed by atoms with Gasteiger partial charge < -0.3 is 14.8 Å². The number of amides is 2. The highest BCUT2D eigenvalue weighted by molar-refractivity contribution is 5.98. The van der Waals surface area contributed by atoms with Gasteiger partial charge in [-0.25, -0.2) is 4.39 Å². The summed E-state index contributed by atoms with van der Waals surface area (Å²) in [5.41, 5.74) is 2.68. The van der Waals surface area contributed by atoms with Crippen LogP contribution in [0, 0.1) is 11.7 Å². The number of carbonyl (C=O) groups is 2. The fourth-order valence-electron chi connectivity index (χ4n) is 4.99. The van der Waals surface area contributed by atoms with Gasteiger partial charge in [-0.2, -0.15) is 0 Å². The van der Waals surface area contributed by atoms with Gasteiger partial charge in [-0.05, 0) is 72.9 Å². The molecule has 6 heteroatoms. The Labute approximate surface area is 180 Å². The van der Waals surface area contributed by atoms with Crippen LogP contribution in [0.3, 0.4) is 0 Å². The number of hydrogen-bond acceptors (Lipinski definition) is 2. The minimum atomic E-state index is -0.300. The molecule has 2 amide bonds. The Morgan fingerprint density at radius 3 is 2.68 bits per heavy atom. The lowest BCUT2D eigenvalue weighted by Gasteiger charge is -2.31. The predicted octanol–water partition coefficient (Wildman–Crippen LogP) is 4.11. The van der Waals surface area contributed by atoms with Crippen LogP contribution < -0.4 is 5.32 Å². The third-order valence-electron chi connectivity index (χ3n) is 6.64. The smallest absolute Gasteiger partial charge is 0.254 e. The molecule has 160 valence electrons. The SMILES string of the molecule is O=C(Cn1ccc2ccc(F)cc21)NC1CCC(CN2Cc3ccccc3C2=O)CC1. The van der Waals surface area contributed by atoms with Gasteiger partial charge >= 0.3 is 0 Å². The van der Waals surface area contributed by atoms with Crippen LogP contribution in [0.25, 0.3) is 10.9 Å². The number of rotatable bonds is 5. The van der Waals surface area contributed by atoms with Crippen LogP contribution >= 0.6 is 0 Å². The van der Waals surface area contributed by atoms with Gasteiger partial charge in [0.2, 0.25) is 5.91 Å². The second kappa shape index (κ2) is 8.17. The Bertz CT molecular complexity index is 1130. The standard InChI is InChI=1S/C25H26FN3O2/c26-20-8-7-18-11-12-28(23(18)13-20)16-24(30)27-21-9-5-17(6-10-21)14-29-15-19-3-1-2-4-22(19)25(29)31/h1-4,7-8,11-13,17,21H,5-6,9-10,14-16H2,(H,27,30). The molecule has 0 unspecified atom stereocenters. The fourth-order valence-corrected chi connectivity index (χ4v) is 4.99. The van der Waals surface area contributed by atoms with E-state index in [1.165, 1.54) is 12.1 Å². The van der Waals surface area contributed by atoms with E-state index in [0.717, 1.165) is 54.3 Å². The molecular formula is C25H26FN3O2. The number of fused-ring (bicyclic) bond motifs is 2. The number of hydrogen-bond donors (Lipinski definition) is 1. The van der Waals surface area contributed by atoms with Crippen LogP contribution in [0.2, 0.25) is 0 Å². The third kappa shape index (κ3) is 4.07. The summed E-state index contributed by atoms with van der Waals surface area (Å²) in [7, 11) is 0. The highest BCUT2D eigenvalue weighted by Crippen LogP contribution is 2.29. The van der Waals surface area contributed by atoms with Crippen LogP contribution in [0.15, 0.2) is 54.7 Å². The van der Waals surface area contributed by atoms with E-state index in [-0.39, 0.29) is 30.2 Å². The first kappa shape index (κ1) is 19.8. The lowest BCUT2D eigenvalue weighted by atomic mass is 9.85. The minimum absolute atomic E-state index is 0.0459. The van der Waals surface area contributed by atoms with Gasteiger partial charge in [-0.15, -0.1) is 0 Å². The number of carbonyl (C=O) groups excluding carboxylic acids is 2. The maximum atomic E-state index is 13.5. The van der Waals surface area contributed by atoms with Gasteiger partial charge in [0.05, 0.1) is 5.52 Å². The van der Waals surface area contributed by atoms with Gasteiger partial charge in [0, 0.05) is 30.9 Å². The fraction of sp³-hybridized carbons (Fsp3) is 0.360. The van der Waals surface area contributed by atoms with Crippen LogP contribution in [0.4, 0.5) is 4.39 Å². The van der Waals surface area contributed by atoms with Gasteiger partial charge in [0.25, 0.3) is 5.91 Å². The number of benzene rings is 2. The molecule has 0 radical (unpaired) electrons. The molecule has 2 aliphatic rings. The first-order chi connectivity index (χ1) is 15.1. The molecule has 1 aliphatic carbocycles. The highest BCUT2D eigenvalue weighted by Gasteiger charge is 2.30. The van der Waals surface area contributed by atoms with Gasteiger partial charge in [0.1, 0.15) is 12.4 Å². The maximum Gasteiger partial charge on any atom is 0.254 e. The molecule has 0 atom stereocenters. The summed E-state index contributed by atoms with van der Waals surface area (Å²) in [6, 6.07) is 14.5. The summed E-state index contributed by atoms with van der Waals surface area (Å²) >= 11 is 0. The van der Waals surface area contributed by atoms with Gasteiger partial charge in [-0.3, -0.25) is 9.59 Å². The molecule has 1 aliphatic heterocycles. The molecule has 3 aromatic rings. The molecule has 1 fully saturated rings. The monoisotopic (exact) mass is 419 g/mol. The van der Waals surface area contributed by atoms with E-state index < -0.39 is 0 Å². The zero-order valence-corrected chi connectivity index (χ0v) is 17.4. The van der Waals surface area contributed by atoms with E-state index in [2.05, 4.69) is 5.32 Å². The van der Waals surface area contributed by atoms with Crippen molar-refractivity contribution in [2.24, 2.45) is 5.92 Å². The van der Waals surface area contributed by atoms with Crippen molar-refractivity contribution in [3.63, 3.8) is 0 Å². The van der Waals surface area contributed by atoms with Gasteiger partial charge in [0.15, 0.2) is 0 Å². The summed E-state index contributed by atoms with van der Waals surface area (Å²) < 4.78 is 15.3. The van der Waals surface area contributed by atoms with E-state index in [0.29, 0.717) is 12.5 Å². The van der Waals surface area contributed by atoms with Crippen molar-refractivity contribution in [2.45, 2.75) is 44.8 Å². The molecule has 5 nitrogen and oxygen atoms in total. The molecule has 2 heterocycles. The van der Waals surface area contributed by atoms with E-state index in [4.69, 9.17) is 0 Å². The first-order valence-corrected chi connectivity index (χ1v) is 11.0. The lowest BCUT2D eigenvalue weighted by Crippen LogP contribution is -2.41. The van der Waals surface area contributed by atoms with Crippen LogP contribution in [-0.2, 0) is 17.9 Å². The Morgan fingerprint density at radius 2 is 1.87 bits per heavy atom. The van der Waals surface area contributed by atoms with Crippen LogP contribution in [-0.4, -0.2) is 33.9 Å². The molecule has 1 N–H and O–H groups in total. The average Bonchev–Trinajstić information content (AvgIpc) is 3.30. The zero-order chi connectivity index (χ0) is 21.4. The Balaban J connectivity index is 1.11. The van der Waals surface area contributed by atoms with Crippen LogP contribution in [0.5, 0.6) is 0 Å². The van der Waals surface area contributed by atoms with Crippen molar-refractivity contribution < 1.29 is 14.0 Å². The van der Waals surface area contributed by atoms with Crippen LogP contribution in [0.1, 0.15) is 41.6 Å². The highest BCUT2D eigenvalue weighted by atomic mass is 19.1. The van der Waals surface area contributed by atoms with Crippen molar-refractivity contribution in [3.05, 3.63) is 71.7 Å². The number of halogens is 1. The molecular weight excluding hydrogens is 393 g/mol. The largest absolute Gasteiger partial charge is 0.352 e. The molecule has 31 heavy (non-hydrogen) atoms. The molecule has 1 saturated carbocycles. The predicted molar refractivity (Wildman–Crippen MR) is 117 cm³/mol. The van der Waals surface area contributed by atoms with E-state index in [1.807, 2.05) is 41.4 Å². The summed E-state index contributed by atoms with van der Waals surface area (Å²) in [4.78, 5) is 27.1. The summed E-state index contributed by atoms with van der Waals surface area (Å²) in [6.45, 7) is 1.68. The van der Waals surface area contributed by atoms with Gasteiger partial charge in [-0.1, -0.05) is 18.2 Å².